The summed E-state index contributed by atoms with van der Waals surface area (Å²) in [6.07, 6.45) is 0.894. The lowest BCUT2D eigenvalue weighted by Gasteiger charge is -2.03. The van der Waals surface area contributed by atoms with Crippen LogP contribution in [0.1, 0.15) is 18.1 Å². The standard InChI is InChI=1S/C11H13ClO2/c1-8(12)6-9-2-4-10(5-3-9)7-11(13)14/h2-5,8H,6-7H2,1H3,(H,13,14)/t8-/m0/s1. The molecule has 14 heavy (non-hydrogen) atoms. The molecule has 0 fully saturated rings. The first kappa shape index (κ1) is 11.1. The monoisotopic (exact) mass is 212 g/mol. The van der Waals surface area contributed by atoms with Crippen LogP contribution in [0, 0.1) is 0 Å². The fourth-order valence-electron chi connectivity index (χ4n) is 1.29. The van der Waals surface area contributed by atoms with Gasteiger partial charge < -0.3 is 5.11 Å². The molecule has 0 radical (unpaired) electrons. The summed E-state index contributed by atoms with van der Waals surface area (Å²) in [7, 11) is 0. The van der Waals surface area contributed by atoms with Crippen molar-refractivity contribution in [2.75, 3.05) is 0 Å². The Morgan fingerprint density at radius 2 is 1.86 bits per heavy atom. The van der Waals surface area contributed by atoms with Crippen LogP contribution in [-0.2, 0) is 17.6 Å². The summed E-state index contributed by atoms with van der Waals surface area (Å²) in [5.74, 6) is -0.802. The number of carboxylic acids is 1. The molecule has 3 heteroatoms. The largest absolute Gasteiger partial charge is 0.481 e. The van der Waals surface area contributed by atoms with Crippen molar-refractivity contribution < 1.29 is 9.90 Å². The van der Waals surface area contributed by atoms with E-state index in [9.17, 15) is 4.79 Å². The SMILES string of the molecule is C[C@H](Cl)Cc1ccc(CC(=O)O)cc1. The molecule has 76 valence electrons. The minimum atomic E-state index is -0.802. The number of hydrogen-bond donors (Lipinski definition) is 1. The second-order valence-corrected chi connectivity index (χ2v) is 4.12. The van der Waals surface area contributed by atoms with Gasteiger partial charge in [-0.2, -0.15) is 0 Å². The summed E-state index contributed by atoms with van der Waals surface area (Å²) >= 11 is 5.84. The van der Waals surface area contributed by atoms with Gasteiger partial charge in [0.25, 0.3) is 0 Å². The van der Waals surface area contributed by atoms with Gasteiger partial charge in [0.15, 0.2) is 0 Å². The van der Waals surface area contributed by atoms with Crippen LogP contribution >= 0.6 is 11.6 Å². The molecule has 1 atom stereocenters. The third kappa shape index (κ3) is 3.79. The van der Waals surface area contributed by atoms with E-state index in [1.54, 1.807) is 0 Å². The van der Waals surface area contributed by atoms with Crippen LogP contribution in [0.3, 0.4) is 0 Å². The van der Waals surface area contributed by atoms with E-state index in [1.807, 2.05) is 31.2 Å². The van der Waals surface area contributed by atoms with Gasteiger partial charge >= 0.3 is 5.97 Å². The molecule has 1 aromatic carbocycles. The van der Waals surface area contributed by atoms with E-state index in [4.69, 9.17) is 16.7 Å². The predicted octanol–water partition coefficient (Wildman–Crippen LogP) is 2.48. The van der Waals surface area contributed by atoms with Gasteiger partial charge in [-0.25, -0.2) is 0 Å². The first-order valence-corrected chi connectivity index (χ1v) is 4.95. The highest BCUT2D eigenvalue weighted by molar-refractivity contribution is 6.20. The molecule has 1 N–H and O–H groups in total. The topological polar surface area (TPSA) is 37.3 Å². The summed E-state index contributed by atoms with van der Waals surface area (Å²) < 4.78 is 0. The van der Waals surface area contributed by atoms with E-state index in [1.165, 1.54) is 0 Å². The summed E-state index contributed by atoms with van der Waals surface area (Å²) in [4.78, 5) is 10.4. The van der Waals surface area contributed by atoms with E-state index < -0.39 is 5.97 Å². The fourth-order valence-corrected chi connectivity index (χ4v) is 1.47. The van der Waals surface area contributed by atoms with Crippen molar-refractivity contribution in [1.82, 2.24) is 0 Å². The lowest BCUT2D eigenvalue weighted by Crippen LogP contribution is -2.01. The van der Waals surface area contributed by atoms with Crippen molar-refractivity contribution in [1.29, 1.82) is 0 Å². The van der Waals surface area contributed by atoms with E-state index in [2.05, 4.69) is 0 Å². The van der Waals surface area contributed by atoms with Crippen LogP contribution in [0.5, 0.6) is 0 Å². The molecular weight excluding hydrogens is 200 g/mol. The van der Waals surface area contributed by atoms with Gasteiger partial charge in [0.2, 0.25) is 0 Å². The maximum absolute atomic E-state index is 10.4. The highest BCUT2D eigenvalue weighted by Crippen LogP contribution is 2.10. The Morgan fingerprint density at radius 3 is 2.29 bits per heavy atom. The zero-order valence-corrected chi connectivity index (χ0v) is 8.79. The summed E-state index contributed by atoms with van der Waals surface area (Å²) in [6.45, 7) is 1.94. The average Bonchev–Trinajstić information content (AvgIpc) is 2.06. The number of halogens is 1. The zero-order valence-electron chi connectivity index (χ0n) is 8.03. The molecule has 1 aromatic rings. The highest BCUT2D eigenvalue weighted by Gasteiger charge is 2.02. The van der Waals surface area contributed by atoms with Gasteiger partial charge in [-0.05, 0) is 24.5 Å². The van der Waals surface area contributed by atoms with Gasteiger partial charge in [-0.15, -0.1) is 11.6 Å². The van der Waals surface area contributed by atoms with Crippen molar-refractivity contribution in [3.05, 3.63) is 35.4 Å². The first-order valence-electron chi connectivity index (χ1n) is 4.51. The van der Waals surface area contributed by atoms with Gasteiger partial charge in [-0.3, -0.25) is 4.79 Å². The van der Waals surface area contributed by atoms with Crippen LogP contribution in [-0.4, -0.2) is 16.5 Å². The number of hydrogen-bond acceptors (Lipinski definition) is 1. The molecule has 0 heterocycles. The molecule has 1 rings (SSSR count). The maximum atomic E-state index is 10.4. The Bertz CT molecular complexity index is 304. The third-order valence-electron chi connectivity index (χ3n) is 1.90. The zero-order chi connectivity index (χ0) is 10.6. The Labute approximate surface area is 88.5 Å². The van der Waals surface area contributed by atoms with Gasteiger partial charge in [0, 0.05) is 5.38 Å². The van der Waals surface area contributed by atoms with Crippen LogP contribution in [0.2, 0.25) is 0 Å². The molecule has 0 bridgehead atoms. The van der Waals surface area contributed by atoms with Crippen LogP contribution < -0.4 is 0 Å². The van der Waals surface area contributed by atoms with Crippen molar-refractivity contribution in [3.8, 4) is 0 Å². The first-order chi connectivity index (χ1) is 6.58. The maximum Gasteiger partial charge on any atom is 0.307 e. The number of rotatable bonds is 4. The van der Waals surface area contributed by atoms with E-state index >= 15 is 0 Å². The number of carboxylic acid groups (broad SMARTS) is 1. The normalized spacial score (nSPS) is 12.4. The summed E-state index contributed by atoms with van der Waals surface area (Å²) in [6, 6.07) is 7.53. The summed E-state index contributed by atoms with van der Waals surface area (Å²) in [5.41, 5.74) is 1.96. The second kappa shape index (κ2) is 5.01. The van der Waals surface area contributed by atoms with Crippen molar-refractivity contribution in [3.63, 3.8) is 0 Å². The second-order valence-electron chi connectivity index (χ2n) is 3.37. The minimum Gasteiger partial charge on any atom is -0.481 e. The molecule has 0 aromatic heterocycles. The smallest absolute Gasteiger partial charge is 0.307 e. The molecular formula is C11H13ClO2. The number of aliphatic carboxylic acids is 1. The Kier molecular flexibility index (Phi) is 3.96. The predicted molar refractivity (Wildman–Crippen MR) is 56.8 cm³/mol. The van der Waals surface area contributed by atoms with E-state index in [0.717, 1.165) is 17.5 Å². The van der Waals surface area contributed by atoms with Crippen LogP contribution in [0.15, 0.2) is 24.3 Å². The Balaban J connectivity index is 2.63. The molecule has 0 aliphatic carbocycles. The van der Waals surface area contributed by atoms with Crippen LogP contribution in [0.4, 0.5) is 0 Å². The number of alkyl halides is 1. The number of carbonyl (C=O) groups is 1. The summed E-state index contributed by atoms with van der Waals surface area (Å²) in [5, 5.41) is 8.67. The van der Waals surface area contributed by atoms with E-state index in [0.29, 0.717) is 0 Å². The highest BCUT2D eigenvalue weighted by atomic mass is 35.5. The third-order valence-corrected chi connectivity index (χ3v) is 2.05. The Morgan fingerprint density at radius 1 is 1.36 bits per heavy atom. The number of benzene rings is 1. The molecule has 0 amide bonds. The minimum absolute atomic E-state index is 0.0801. The van der Waals surface area contributed by atoms with E-state index in [-0.39, 0.29) is 11.8 Å². The fraction of sp³-hybridized carbons (Fsp3) is 0.364. The van der Waals surface area contributed by atoms with Gasteiger partial charge in [-0.1, -0.05) is 24.3 Å². The van der Waals surface area contributed by atoms with Crippen molar-refractivity contribution >= 4 is 17.6 Å². The molecule has 0 spiro atoms. The molecule has 0 aliphatic heterocycles. The van der Waals surface area contributed by atoms with Crippen molar-refractivity contribution in [2.24, 2.45) is 0 Å². The molecule has 0 aliphatic rings. The molecule has 0 saturated carbocycles. The van der Waals surface area contributed by atoms with Gasteiger partial charge in [0.1, 0.15) is 0 Å². The van der Waals surface area contributed by atoms with Gasteiger partial charge in [0.05, 0.1) is 6.42 Å². The molecule has 2 nitrogen and oxygen atoms in total. The average molecular weight is 213 g/mol. The quantitative estimate of drug-likeness (QED) is 0.779. The lowest BCUT2D eigenvalue weighted by molar-refractivity contribution is -0.136. The lowest BCUT2D eigenvalue weighted by atomic mass is 10.1. The van der Waals surface area contributed by atoms with Crippen molar-refractivity contribution in [2.45, 2.75) is 25.1 Å². The van der Waals surface area contributed by atoms with Crippen LogP contribution in [0.25, 0.3) is 0 Å². The molecule has 0 unspecified atom stereocenters. The Hall–Kier alpha value is -1.02. The molecule has 0 saturated heterocycles.